The van der Waals surface area contributed by atoms with Crippen molar-refractivity contribution in [3.05, 3.63) is 35.9 Å². The van der Waals surface area contributed by atoms with E-state index in [0.717, 1.165) is 51.7 Å². The summed E-state index contributed by atoms with van der Waals surface area (Å²) in [5.41, 5.74) is 0.881. The van der Waals surface area contributed by atoms with Crippen LogP contribution in [-0.2, 0) is 15.1 Å². The molecule has 1 aromatic rings. The van der Waals surface area contributed by atoms with Crippen molar-refractivity contribution in [3.63, 3.8) is 0 Å². The minimum absolute atomic E-state index is 0.0474. The van der Waals surface area contributed by atoms with E-state index >= 15 is 0 Å². The Hall–Kier alpha value is -1.60. The van der Waals surface area contributed by atoms with Gasteiger partial charge in [-0.05, 0) is 50.6 Å². The zero-order valence-electron chi connectivity index (χ0n) is 15.9. The summed E-state index contributed by atoms with van der Waals surface area (Å²) in [7, 11) is 0. The number of benzene rings is 1. The smallest absolute Gasteiger partial charge is 0.454 e. The molecular weight excluding hydrogens is 369 g/mol. The number of alkyl halides is 3. The molecule has 0 aromatic heterocycles. The molecule has 0 bridgehead atoms. The Morgan fingerprint density at radius 2 is 1.75 bits per heavy atom. The van der Waals surface area contributed by atoms with Crippen LogP contribution in [0.15, 0.2) is 30.3 Å². The number of nitrogens with zero attached hydrogens (tertiary/aromatic N) is 1. The van der Waals surface area contributed by atoms with Crippen molar-refractivity contribution in [2.24, 2.45) is 5.41 Å². The molecule has 1 spiro atoms. The number of piperidine rings is 1. The lowest BCUT2D eigenvalue weighted by atomic mass is 9.60. The van der Waals surface area contributed by atoms with Gasteiger partial charge in [0, 0.05) is 30.6 Å². The number of likely N-dealkylation sites (tertiary alicyclic amines) is 1. The van der Waals surface area contributed by atoms with E-state index in [1.807, 2.05) is 6.07 Å². The van der Waals surface area contributed by atoms with Crippen LogP contribution in [0, 0.1) is 5.41 Å². The Morgan fingerprint density at radius 1 is 1.07 bits per heavy atom. The summed E-state index contributed by atoms with van der Waals surface area (Å²) in [6.45, 7) is 3.18. The number of nitrogens with one attached hydrogen (secondary N) is 1. The van der Waals surface area contributed by atoms with E-state index in [9.17, 15) is 18.0 Å². The van der Waals surface area contributed by atoms with Gasteiger partial charge in [-0.2, -0.15) is 13.2 Å². The van der Waals surface area contributed by atoms with Crippen LogP contribution < -0.4 is 5.32 Å². The quantitative estimate of drug-likeness (QED) is 0.793. The number of carbonyl (C=O) groups excluding carboxylic acids is 1. The van der Waals surface area contributed by atoms with Crippen molar-refractivity contribution in [2.75, 3.05) is 26.2 Å². The maximum absolute atomic E-state index is 12.8. The van der Waals surface area contributed by atoms with Crippen LogP contribution in [0.25, 0.3) is 0 Å². The Kier molecular flexibility index (Phi) is 5.16. The van der Waals surface area contributed by atoms with Crippen molar-refractivity contribution >= 4 is 5.97 Å². The largest absolute Gasteiger partial charge is 0.490 e. The number of rotatable bonds is 3. The first-order valence-electron chi connectivity index (χ1n) is 10.1. The number of ether oxygens (including phenoxy) is 1. The van der Waals surface area contributed by atoms with E-state index in [2.05, 4.69) is 34.5 Å². The number of hydrogen-bond acceptors (Lipinski definition) is 4. The average molecular weight is 396 g/mol. The predicted molar refractivity (Wildman–Crippen MR) is 98.6 cm³/mol. The summed E-state index contributed by atoms with van der Waals surface area (Å²) in [6, 6.07) is 10.5. The maximum atomic E-state index is 12.8. The molecule has 4 rings (SSSR count). The van der Waals surface area contributed by atoms with Crippen LogP contribution >= 0.6 is 0 Å². The first-order chi connectivity index (χ1) is 13.4. The summed E-state index contributed by atoms with van der Waals surface area (Å²) >= 11 is 0. The predicted octanol–water partition coefficient (Wildman–Crippen LogP) is 3.62. The van der Waals surface area contributed by atoms with Gasteiger partial charge < -0.3 is 10.1 Å². The molecule has 3 fully saturated rings. The molecule has 1 unspecified atom stereocenters. The summed E-state index contributed by atoms with van der Waals surface area (Å²) < 4.78 is 43.3. The van der Waals surface area contributed by atoms with Gasteiger partial charge in [0.1, 0.15) is 6.10 Å². The highest BCUT2D eigenvalue weighted by Crippen LogP contribution is 2.54. The summed E-state index contributed by atoms with van der Waals surface area (Å²) in [5, 5.41) is 3.11. The highest BCUT2D eigenvalue weighted by atomic mass is 19.4. The van der Waals surface area contributed by atoms with Crippen molar-refractivity contribution in [1.29, 1.82) is 0 Å². The molecule has 154 valence electrons. The average Bonchev–Trinajstić information content (AvgIpc) is 2.64. The van der Waals surface area contributed by atoms with Gasteiger partial charge in [0.15, 0.2) is 0 Å². The van der Waals surface area contributed by atoms with Crippen molar-refractivity contribution < 1.29 is 22.7 Å². The minimum Gasteiger partial charge on any atom is -0.454 e. The van der Waals surface area contributed by atoms with Gasteiger partial charge in [0.2, 0.25) is 0 Å². The van der Waals surface area contributed by atoms with Crippen LogP contribution in [0.3, 0.4) is 0 Å². The van der Waals surface area contributed by atoms with Gasteiger partial charge >= 0.3 is 12.1 Å². The SMILES string of the molecule is O=C(OC1CNCCC12CCC(c1ccccc1)(N1CCC1)CC2)C(F)(F)F. The fourth-order valence-electron chi connectivity index (χ4n) is 5.32. The zero-order chi connectivity index (χ0) is 19.8. The lowest BCUT2D eigenvalue weighted by Gasteiger charge is -2.57. The van der Waals surface area contributed by atoms with Gasteiger partial charge in [0.05, 0.1) is 0 Å². The number of halogens is 3. The molecule has 2 heterocycles. The second-order valence-electron chi connectivity index (χ2n) is 8.45. The summed E-state index contributed by atoms with van der Waals surface area (Å²) in [5.74, 6) is -2.07. The van der Waals surface area contributed by atoms with Gasteiger partial charge in [-0.25, -0.2) is 4.79 Å². The lowest BCUT2D eigenvalue weighted by molar-refractivity contribution is -0.214. The Balaban J connectivity index is 1.55. The van der Waals surface area contributed by atoms with Crippen molar-refractivity contribution in [2.45, 2.75) is 56.3 Å². The standard InChI is InChI=1S/C21H27F3N2O2/c22-21(23,24)18(27)28-17-15-25-12-11-19(17)7-9-20(10-8-19,26-13-4-14-26)16-5-2-1-3-6-16/h1-3,5-6,17,25H,4,7-15H2. The summed E-state index contributed by atoms with van der Waals surface area (Å²) in [4.78, 5) is 14.0. The van der Waals surface area contributed by atoms with Crippen molar-refractivity contribution in [3.8, 4) is 0 Å². The van der Waals surface area contributed by atoms with Crippen LogP contribution in [0.2, 0.25) is 0 Å². The van der Waals surface area contributed by atoms with E-state index in [-0.39, 0.29) is 11.0 Å². The van der Waals surface area contributed by atoms with Gasteiger partial charge in [-0.1, -0.05) is 30.3 Å². The molecule has 0 radical (unpaired) electrons. The molecule has 2 aliphatic heterocycles. The highest BCUT2D eigenvalue weighted by Gasteiger charge is 2.54. The van der Waals surface area contributed by atoms with Crippen LogP contribution in [0.1, 0.15) is 44.1 Å². The van der Waals surface area contributed by atoms with E-state index in [1.54, 1.807) is 0 Å². The topological polar surface area (TPSA) is 41.6 Å². The van der Waals surface area contributed by atoms with Gasteiger partial charge in [0.25, 0.3) is 0 Å². The molecule has 2 saturated heterocycles. The Morgan fingerprint density at radius 3 is 2.32 bits per heavy atom. The molecule has 1 saturated carbocycles. The Bertz CT molecular complexity index is 695. The van der Waals surface area contributed by atoms with Crippen LogP contribution in [-0.4, -0.2) is 49.3 Å². The first kappa shape index (κ1) is 19.7. The van der Waals surface area contributed by atoms with Crippen LogP contribution in [0.4, 0.5) is 13.2 Å². The fourth-order valence-corrected chi connectivity index (χ4v) is 5.32. The van der Waals surface area contributed by atoms with E-state index < -0.39 is 18.2 Å². The van der Waals surface area contributed by atoms with Crippen molar-refractivity contribution in [1.82, 2.24) is 10.2 Å². The molecule has 1 N–H and O–H groups in total. The second kappa shape index (κ2) is 7.34. The zero-order valence-corrected chi connectivity index (χ0v) is 15.9. The molecule has 1 aliphatic carbocycles. The molecular formula is C21H27F3N2O2. The summed E-state index contributed by atoms with van der Waals surface area (Å²) in [6.07, 6.45) is -0.414. The highest BCUT2D eigenvalue weighted by molar-refractivity contribution is 5.75. The fraction of sp³-hybridized carbons (Fsp3) is 0.667. The third-order valence-electron chi connectivity index (χ3n) is 7.14. The molecule has 1 atom stereocenters. The van der Waals surface area contributed by atoms with E-state index in [4.69, 9.17) is 4.74 Å². The number of carbonyl (C=O) groups is 1. The molecule has 3 aliphatic rings. The third kappa shape index (κ3) is 3.43. The molecule has 0 amide bonds. The Labute approximate surface area is 163 Å². The number of esters is 1. The first-order valence-corrected chi connectivity index (χ1v) is 10.1. The normalized spacial score (nSPS) is 34.0. The molecule has 1 aromatic carbocycles. The van der Waals surface area contributed by atoms with Gasteiger partial charge in [-0.3, -0.25) is 4.90 Å². The van der Waals surface area contributed by atoms with E-state index in [1.165, 1.54) is 12.0 Å². The van der Waals surface area contributed by atoms with E-state index in [0.29, 0.717) is 6.54 Å². The molecule has 7 heteroatoms. The monoisotopic (exact) mass is 396 g/mol. The molecule has 28 heavy (non-hydrogen) atoms. The van der Waals surface area contributed by atoms with Crippen LogP contribution in [0.5, 0.6) is 0 Å². The van der Waals surface area contributed by atoms with Gasteiger partial charge in [-0.15, -0.1) is 0 Å². The third-order valence-corrected chi connectivity index (χ3v) is 7.14. The molecule has 4 nitrogen and oxygen atoms in total. The minimum atomic E-state index is -4.95. The lowest BCUT2D eigenvalue weighted by Crippen LogP contribution is -2.59. The number of hydrogen-bond donors (Lipinski definition) is 1. The maximum Gasteiger partial charge on any atom is 0.490 e. The second-order valence-corrected chi connectivity index (χ2v) is 8.45.